The van der Waals surface area contributed by atoms with Crippen LogP contribution in [-0.4, -0.2) is 0 Å². The summed E-state index contributed by atoms with van der Waals surface area (Å²) in [5.41, 5.74) is 11.5. The third-order valence-corrected chi connectivity index (χ3v) is 6.74. The SMILES string of the molecule is CC.CC.CC.CC.CC.CC.CC.CC.CC.CC.CCC.CCC.c1ccc2c(c1)Cc1ccccc1-2.c1ccc2c(c1)Cc1ccccc1-2.c1ccccc1.c1ccccc1. The summed E-state index contributed by atoms with van der Waals surface area (Å²) in [5.74, 6) is 0. The monoisotopic (exact) mass is 877 g/mol. The van der Waals surface area contributed by atoms with Crippen molar-refractivity contribution in [3.05, 3.63) is 192 Å². The first-order chi connectivity index (χ1) is 31.7. The molecule has 0 saturated carbocycles. The molecule has 0 radical (unpaired) electrons. The third kappa shape index (κ3) is 40.1. The van der Waals surface area contributed by atoms with Gasteiger partial charge in [0.2, 0.25) is 0 Å². The highest BCUT2D eigenvalue weighted by Crippen LogP contribution is 2.36. The lowest BCUT2D eigenvalue weighted by molar-refractivity contribution is 1.09. The molecule has 0 N–H and O–H groups in total. The molecule has 0 spiro atoms. The van der Waals surface area contributed by atoms with Crippen molar-refractivity contribution >= 4 is 0 Å². The first kappa shape index (κ1) is 76.6. The maximum atomic E-state index is 2.22. The van der Waals surface area contributed by atoms with Crippen LogP contribution in [0.25, 0.3) is 22.3 Å². The first-order valence-electron chi connectivity index (χ1n) is 26.1. The molecule has 0 fully saturated rings. The van der Waals surface area contributed by atoms with Crippen LogP contribution in [0.4, 0.5) is 0 Å². The average molecular weight is 878 g/mol. The summed E-state index contributed by atoms with van der Waals surface area (Å²) in [6, 6.07) is 58.6. The summed E-state index contributed by atoms with van der Waals surface area (Å²) >= 11 is 0. The normalized spacial score (nSPS) is 8.00. The van der Waals surface area contributed by atoms with E-state index in [1.165, 1.54) is 57.3 Å². The fraction of sp³-hybridized carbons (Fsp3) is 0.438. The second kappa shape index (κ2) is 72.8. The van der Waals surface area contributed by atoms with Gasteiger partial charge in [0.1, 0.15) is 0 Å². The molecule has 0 heteroatoms. The van der Waals surface area contributed by atoms with Gasteiger partial charge in [0.25, 0.3) is 0 Å². The number of rotatable bonds is 0. The Morgan fingerprint density at radius 2 is 0.312 bits per heavy atom. The van der Waals surface area contributed by atoms with Gasteiger partial charge in [-0.3, -0.25) is 0 Å². The smallest absolute Gasteiger partial charge is 0.00135 e. The van der Waals surface area contributed by atoms with Crippen molar-refractivity contribution in [1.29, 1.82) is 0 Å². The predicted molar refractivity (Wildman–Crippen MR) is 308 cm³/mol. The van der Waals surface area contributed by atoms with Crippen LogP contribution in [0.3, 0.4) is 0 Å². The molecule has 6 aromatic rings. The zero-order valence-corrected chi connectivity index (χ0v) is 47.0. The van der Waals surface area contributed by atoms with Crippen LogP contribution >= 0.6 is 0 Å². The quantitative estimate of drug-likeness (QED) is 0.142. The molecule has 8 rings (SSSR count). The second-order valence-electron chi connectivity index (χ2n) is 10.7. The van der Waals surface area contributed by atoms with E-state index < -0.39 is 0 Å². The van der Waals surface area contributed by atoms with Gasteiger partial charge < -0.3 is 0 Å². The van der Waals surface area contributed by atoms with E-state index in [1.807, 2.05) is 211 Å². The van der Waals surface area contributed by atoms with Gasteiger partial charge in [-0.1, -0.05) is 349 Å². The van der Waals surface area contributed by atoms with E-state index in [4.69, 9.17) is 0 Å². The highest BCUT2D eigenvalue weighted by atomic mass is 14.2. The maximum Gasteiger partial charge on any atom is -0.00135 e. The van der Waals surface area contributed by atoms with E-state index in [9.17, 15) is 0 Å². The van der Waals surface area contributed by atoms with Gasteiger partial charge in [0, 0.05) is 0 Å². The molecule has 0 heterocycles. The van der Waals surface area contributed by atoms with Crippen molar-refractivity contribution in [3.8, 4) is 22.3 Å². The van der Waals surface area contributed by atoms with Gasteiger partial charge in [0.15, 0.2) is 0 Å². The Kier molecular flexibility index (Phi) is 87.1. The van der Waals surface area contributed by atoms with E-state index in [2.05, 4.69) is 125 Å². The molecule has 64 heavy (non-hydrogen) atoms. The molecule has 0 aromatic heterocycles. The zero-order valence-electron chi connectivity index (χ0n) is 47.0. The lowest BCUT2D eigenvalue weighted by Crippen LogP contribution is -1.77. The Morgan fingerprint density at radius 3 is 0.438 bits per heavy atom. The summed E-state index contributed by atoms with van der Waals surface area (Å²) in [5, 5.41) is 0. The summed E-state index contributed by atoms with van der Waals surface area (Å²) < 4.78 is 0. The van der Waals surface area contributed by atoms with Crippen molar-refractivity contribution in [2.75, 3.05) is 0 Å². The van der Waals surface area contributed by atoms with Gasteiger partial charge in [-0.15, -0.1) is 0 Å². The van der Waals surface area contributed by atoms with Crippen LogP contribution in [0.2, 0.25) is 0 Å². The molecule has 0 amide bonds. The van der Waals surface area contributed by atoms with Gasteiger partial charge >= 0.3 is 0 Å². The Labute approximate surface area is 404 Å². The van der Waals surface area contributed by atoms with E-state index in [0.29, 0.717) is 0 Å². The predicted octanol–water partition coefficient (Wildman–Crippen LogP) is 23.0. The molecule has 364 valence electrons. The number of fused-ring (bicyclic) bond motifs is 6. The molecule has 0 aliphatic heterocycles. The highest BCUT2D eigenvalue weighted by Gasteiger charge is 2.16. The van der Waals surface area contributed by atoms with Gasteiger partial charge in [-0.05, 0) is 57.3 Å². The summed E-state index contributed by atoms with van der Waals surface area (Å²) in [7, 11) is 0. The largest absolute Gasteiger partial charge is 0.0683 e. The Hall–Kier alpha value is -4.68. The molecule has 0 nitrogen and oxygen atoms in total. The molecular weight excluding hydrogens is 769 g/mol. The number of hydrogen-bond donors (Lipinski definition) is 0. The Morgan fingerprint density at radius 1 is 0.203 bits per heavy atom. The fourth-order valence-electron chi connectivity index (χ4n) is 4.93. The molecule has 2 aliphatic rings. The van der Waals surface area contributed by atoms with Crippen LogP contribution in [0, 0.1) is 0 Å². The molecule has 0 atom stereocenters. The lowest BCUT2D eigenvalue weighted by Gasteiger charge is -1.98. The minimum absolute atomic E-state index is 1.10. The standard InChI is InChI=1S/2C13H10.2C6H6.2C3H8.10C2H6/c2*1-3-7-12-10(5-1)9-11-6-2-4-8-13(11)12;2*1-2-4-6-5-3-1;2*1-3-2;10*1-2/h2*1-8H,9H2;2*1-6H;2*3H2,1-2H3;10*1-2H3. The van der Waals surface area contributed by atoms with Crippen molar-refractivity contribution < 1.29 is 0 Å². The first-order valence-corrected chi connectivity index (χ1v) is 26.1. The molecule has 0 saturated heterocycles. The highest BCUT2D eigenvalue weighted by molar-refractivity contribution is 5.77. The van der Waals surface area contributed by atoms with E-state index in [0.717, 1.165) is 12.8 Å². The van der Waals surface area contributed by atoms with Crippen molar-refractivity contribution in [1.82, 2.24) is 0 Å². The van der Waals surface area contributed by atoms with Crippen LogP contribution in [0.1, 0.15) is 201 Å². The third-order valence-electron chi connectivity index (χ3n) is 6.74. The zero-order chi connectivity index (χ0) is 51.2. The average Bonchev–Trinajstić information content (AvgIpc) is 4.01. The van der Waals surface area contributed by atoms with Crippen molar-refractivity contribution in [3.63, 3.8) is 0 Å². The molecule has 0 bridgehead atoms. The van der Waals surface area contributed by atoms with E-state index in [-0.39, 0.29) is 0 Å². The number of hydrogen-bond acceptors (Lipinski definition) is 0. The molecule has 6 aromatic carbocycles. The lowest BCUT2D eigenvalue weighted by atomic mass is 10.1. The fourth-order valence-corrected chi connectivity index (χ4v) is 4.93. The molecular formula is C64H108. The van der Waals surface area contributed by atoms with Crippen LogP contribution < -0.4 is 0 Å². The Bertz CT molecular complexity index is 1320. The van der Waals surface area contributed by atoms with Gasteiger partial charge in [-0.25, -0.2) is 0 Å². The maximum absolute atomic E-state index is 2.22. The second-order valence-corrected chi connectivity index (χ2v) is 10.7. The summed E-state index contributed by atoms with van der Waals surface area (Å²) in [6.07, 6.45) is 4.71. The minimum Gasteiger partial charge on any atom is -0.0683 e. The molecule has 0 unspecified atom stereocenters. The van der Waals surface area contributed by atoms with Crippen molar-refractivity contribution in [2.45, 2.75) is 192 Å². The minimum atomic E-state index is 1.10. The Balaban J connectivity index is -0.0000000954. The van der Waals surface area contributed by atoms with E-state index >= 15 is 0 Å². The summed E-state index contributed by atoms with van der Waals surface area (Å²) in [4.78, 5) is 0. The summed E-state index contributed by atoms with van der Waals surface area (Å²) in [6.45, 7) is 48.5. The van der Waals surface area contributed by atoms with Crippen molar-refractivity contribution in [2.24, 2.45) is 0 Å². The van der Waals surface area contributed by atoms with Crippen LogP contribution in [-0.2, 0) is 12.8 Å². The van der Waals surface area contributed by atoms with Crippen LogP contribution in [0.5, 0.6) is 0 Å². The van der Waals surface area contributed by atoms with Gasteiger partial charge in [0.05, 0.1) is 0 Å². The number of benzene rings is 6. The van der Waals surface area contributed by atoms with E-state index in [1.54, 1.807) is 0 Å². The van der Waals surface area contributed by atoms with Gasteiger partial charge in [-0.2, -0.15) is 0 Å². The molecule has 2 aliphatic carbocycles. The topological polar surface area (TPSA) is 0 Å². The van der Waals surface area contributed by atoms with Crippen LogP contribution in [0.15, 0.2) is 170 Å².